The van der Waals surface area contributed by atoms with E-state index in [-0.39, 0.29) is 18.0 Å². The molecule has 1 aliphatic heterocycles. The fourth-order valence-corrected chi connectivity index (χ4v) is 2.05. The number of amides is 2. The van der Waals surface area contributed by atoms with Gasteiger partial charge in [-0.3, -0.25) is 0 Å². The minimum Gasteiger partial charge on any atom is -0.376 e. The van der Waals surface area contributed by atoms with Gasteiger partial charge in [0.25, 0.3) is 0 Å². The predicted octanol–water partition coefficient (Wildman–Crippen LogP) is 1.85. The van der Waals surface area contributed by atoms with Crippen molar-refractivity contribution in [2.75, 3.05) is 19.7 Å². The second kappa shape index (κ2) is 7.09. The highest BCUT2D eigenvalue weighted by Crippen LogP contribution is 2.10. The van der Waals surface area contributed by atoms with E-state index in [9.17, 15) is 9.18 Å². The Morgan fingerprint density at radius 1 is 1.32 bits per heavy atom. The number of urea groups is 1. The Labute approximate surface area is 112 Å². The van der Waals surface area contributed by atoms with Crippen LogP contribution in [0.1, 0.15) is 18.4 Å². The molecule has 4 nitrogen and oxygen atoms in total. The predicted molar refractivity (Wildman–Crippen MR) is 70.5 cm³/mol. The molecule has 19 heavy (non-hydrogen) atoms. The molecular formula is C14H19FN2O2. The Hall–Kier alpha value is -1.62. The number of hydrogen-bond donors (Lipinski definition) is 2. The highest BCUT2D eigenvalue weighted by Gasteiger charge is 2.15. The normalized spacial score (nSPS) is 18.3. The Morgan fingerprint density at radius 2 is 2.11 bits per heavy atom. The molecule has 1 saturated heterocycles. The van der Waals surface area contributed by atoms with Gasteiger partial charge in [0.15, 0.2) is 0 Å². The molecule has 0 spiro atoms. The van der Waals surface area contributed by atoms with E-state index in [2.05, 4.69) is 10.6 Å². The second-order valence-corrected chi connectivity index (χ2v) is 4.65. The summed E-state index contributed by atoms with van der Waals surface area (Å²) in [6.45, 7) is 1.88. The van der Waals surface area contributed by atoms with Gasteiger partial charge in [-0.2, -0.15) is 0 Å². The van der Waals surface area contributed by atoms with Crippen molar-refractivity contribution >= 4 is 6.03 Å². The standard InChI is InChI=1S/C14H19FN2O2/c15-12-5-3-11(4-6-12)7-8-16-14(18)17-10-13-2-1-9-19-13/h3-6,13H,1-2,7-10H2,(H2,16,17,18). The van der Waals surface area contributed by atoms with Crippen molar-refractivity contribution in [2.45, 2.75) is 25.4 Å². The Kier molecular flexibility index (Phi) is 5.15. The van der Waals surface area contributed by atoms with Crippen LogP contribution in [0.25, 0.3) is 0 Å². The molecule has 1 atom stereocenters. The highest BCUT2D eigenvalue weighted by molar-refractivity contribution is 5.73. The van der Waals surface area contributed by atoms with E-state index >= 15 is 0 Å². The molecule has 0 bridgehead atoms. The third kappa shape index (κ3) is 4.87. The molecule has 1 unspecified atom stereocenters. The number of carbonyl (C=O) groups is 1. The van der Waals surface area contributed by atoms with Crippen LogP contribution in [0, 0.1) is 5.82 Å². The molecular weight excluding hydrogens is 247 g/mol. The van der Waals surface area contributed by atoms with E-state index in [1.807, 2.05) is 0 Å². The van der Waals surface area contributed by atoms with Crippen LogP contribution in [0.4, 0.5) is 9.18 Å². The minimum atomic E-state index is -0.244. The van der Waals surface area contributed by atoms with E-state index in [4.69, 9.17) is 4.74 Å². The number of nitrogens with one attached hydrogen (secondary N) is 2. The van der Waals surface area contributed by atoms with Crippen LogP contribution in [0.3, 0.4) is 0 Å². The molecule has 0 radical (unpaired) electrons. The van der Waals surface area contributed by atoms with E-state index in [0.29, 0.717) is 19.5 Å². The first-order valence-corrected chi connectivity index (χ1v) is 6.62. The van der Waals surface area contributed by atoms with Gasteiger partial charge in [0.2, 0.25) is 0 Å². The van der Waals surface area contributed by atoms with Crippen LogP contribution in [0.5, 0.6) is 0 Å². The first-order valence-electron chi connectivity index (χ1n) is 6.62. The molecule has 0 aliphatic carbocycles. The molecule has 5 heteroatoms. The van der Waals surface area contributed by atoms with E-state index in [1.54, 1.807) is 12.1 Å². The summed E-state index contributed by atoms with van der Waals surface area (Å²) in [5, 5.41) is 5.56. The SMILES string of the molecule is O=C(NCCc1ccc(F)cc1)NCC1CCCO1. The summed E-state index contributed by atoms with van der Waals surface area (Å²) < 4.78 is 18.1. The van der Waals surface area contributed by atoms with Crippen molar-refractivity contribution in [3.05, 3.63) is 35.6 Å². The Bertz CT molecular complexity index is 402. The van der Waals surface area contributed by atoms with E-state index < -0.39 is 0 Å². The number of rotatable bonds is 5. The first kappa shape index (κ1) is 13.8. The summed E-state index contributed by atoms with van der Waals surface area (Å²) in [4.78, 5) is 11.5. The molecule has 2 rings (SSSR count). The van der Waals surface area contributed by atoms with E-state index in [0.717, 1.165) is 25.0 Å². The average molecular weight is 266 g/mol. The fraction of sp³-hybridized carbons (Fsp3) is 0.500. The van der Waals surface area contributed by atoms with Gasteiger partial charge < -0.3 is 15.4 Å². The van der Waals surface area contributed by atoms with Gasteiger partial charge in [-0.05, 0) is 37.0 Å². The number of hydrogen-bond acceptors (Lipinski definition) is 2. The lowest BCUT2D eigenvalue weighted by atomic mass is 10.1. The zero-order chi connectivity index (χ0) is 13.5. The van der Waals surface area contributed by atoms with E-state index in [1.165, 1.54) is 12.1 Å². The maximum Gasteiger partial charge on any atom is 0.314 e. The Morgan fingerprint density at radius 3 is 2.79 bits per heavy atom. The van der Waals surface area contributed by atoms with Crippen LogP contribution >= 0.6 is 0 Å². The molecule has 1 aliphatic rings. The van der Waals surface area contributed by atoms with Crippen LogP contribution in [0.2, 0.25) is 0 Å². The summed E-state index contributed by atoms with van der Waals surface area (Å²) in [7, 11) is 0. The van der Waals surface area contributed by atoms with Gasteiger partial charge in [-0.15, -0.1) is 0 Å². The quantitative estimate of drug-likeness (QED) is 0.854. The van der Waals surface area contributed by atoms with Gasteiger partial charge in [0.05, 0.1) is 6.10 Å². The molecule has 1 fully saturated rings. The van der Waals surface area contributed by atoms with Crippen molar-refractivity contribution in [2.24, 2.45) is 0 Å². The Balaban J connectivity index is 1.59. The zero-order valence-corrected chi connectivity index (χ0v) is 10.8. The lowest BCUT2D eigenvalue weighted by molar-refractivity contribution is 0.111. The summed E-state index contributed by atoms with van der Waals surface area (Å²) in [5.41, 5.74) is 1.00. The largest absolute Gasteiger partial charge is 0.376 e. The van der Waals surface area contributed by atoms with Gasteiger partial charge in [0, 0.05) is 19.7 Å². The lowest BCUT2D eigenvalue weighted by Crippen LogP contribution is -2.40. The highest BCUT2D eigenvalue weighted by atomic mass is 19.1. The molecule has 0 saturated carbocycles. The summed E-state index contributed by atoms with van der Waals surface area (Å²) in [6, 6.07) is 6.11. The second-order valence-electron chi connectivity index (χ2n) is 4.65. The topological polar surface area (TPSA) is 50.4 Å². The van der Waals surface area contributed by atoms with Crippen molar-refractivity contribution < 1.29 is 13.9 Å². The van der Waals surface area contributed by atoms with Crippen LogP contribution in [-0.4, -0.2) is 31.8 Å². The molecule has 2 amide bonds. The van der Waals surface area contributed by atoms with Crippen molar-refractivity contribution in [3.8, 4) is 0 Å². The number of carbonyl (C=O) groups excluding carboxylic acids is 1. The molecule has 1 heterocycles. The maximum atomic E-state index is 12.7. The summed E-state index contributed by atoms with van der Waals surface area (Å²) in [5.74, 6) is -0.244. The third-order valence-electron chi connectivity index (χ3n) is 3.13. The third-order valence-corrected chi connectivity index (χ3v) is 3.13. The molecule has 0 aromatic heterocycles. The summed E-state index contributed by atoms with van der Waals surface area (Å²) in [6.07, 6.45) is 2.92. The maximum absolute atomic E-state index is 12.7. The van der Waals surface area contributed by atoms with Crippen molar-refractivity contribution in [3.63, 3.8) is 0 Å². The van der Waals surface area contributed by atoms with Gasteiger partial charge in [-0.1, -0.05) is 12.1 Å². The van der Waals surface area contributed by atoms with Crippen molar-refractivity contribution in [1.82, 2.24) is 10.6 Å². The smallest absolute Gasteiger partial charge is 0.314 e. The monoisotopic (exact) mass is 266 g/mol. The number of ether oxygens (including phenoxy) is 1. The van der Waals surface area contributed by atoms with Crippen LogP contribution in [0.15, 0.2) is 24.3 Å². The van der Waals surface area contributed by atoms with Gasteiger partial charge >= 0.3 is 6.03 Å². The van der Waals surface area contributed by atoms with Crippen molar-refractivity contribution in [1.29, 1.82) is 0 Å². The minimum absolute atomic E-state index is 0.155. The number of halogens is 1. The summed E-state index contributed by atoms with van der Waals surface area (Å²) >= 11 is 0. The fourth-order valence-electron chi connectivity index (χ4n) is 2.05. The molecule has 2 N–H and O–H groups in total. The first-order chi connectivity index (χ1) is 9.24. The molecule has 1 aromatic carbocycles. The van der Waals surface area contributed by atoms with Crippen LogP contribution < -0.4 is 10.6 Å². The zero-order valence-electron chi connectivity index (χ0n) is 10.8. The average Bonchev–Trinajstić information content (AvgIpc) is 2.92. The lowest BCUT2D eigenvalue weighted by Gasteiger charge is -2.11. The number of benzene rings is 1. The van der Waals surface area contributed by atoms with Crippen LogP contribution in [-0.2, 0) is 11.2 Å². The van der Waals surface area contributed by atoms with Gasteiger partial charge in [0.1, 0.15) is 5.82 Å². The molecule has 1 aromatic rings. The molecule has 104 valence electrons. The van der Waals surface area contributed by atoms with Gasteiger partial charge in [-0.25, -0.2) is 9.18 Å².